The topological polar surface area (TPSA) is 70.0 Å². The summed E-state index contributed by atoms with van der Waals surface area (Å²) in [5, 5.41) is 10.6. The Hall–Kier alpha value is -1.82. The second-order valence-corrected chi connectivity index (χ2v) is 4.30. The standard InChI is InChI=1S/C11H15N5O/c1-8-6-16(4-3-12-8)11-13-10(14-15-11)9-2-5-17-7-9/h2,5,7-8,12H,3-4,6H2,1H3,(H,13,14,15). The van der Waals surface area contributed by atoms with Crippen LogP contribution in [0, 0.1) is 0 Å². The SMILES string of the molecule is CC1CN(c2n[nH]c(-c3ccoc3)n2)CCN1. The maximum absolute atomic E-state index is 5.03. The highest BCUT2D eigenvalue weighted by Gasteiger charge is 2.19. The van der Waals surface area contributed by atoms with E-state index in [0.717, 1.165) is 37.0 Å². The molecule has 0 bridgehead atoms. The van der Waals surface area contributed by atoms with Gasteiger partial charge in [0.15, 0.2) is 5.82 Å². The number of nitrogens with zero attached hydrogens (tertiary/aromatic N) is 3. The number of nitrogens with one attached hydrogen (secondary N) is 2. The van der Waals surface area contributed by atoms with Gasteiger partial charge in [-0.25, -0.2) is 0 Å². The van der Waals surface area contributed by atoms with Crippen LogP contribution in [-0.4, -0.2) is 40.9 Å². The molecule has 3 rings (SSSR count). The minimum absolute atomic E-state index is 0.472. The van der Waals surface area contributed by atoms with Gasteiger partial charge in [-0.2, -0.15) is 4.98 Å². The Kier molecular flexibility index (Phi) is 2.56. The number of aromatic amines is 1. The van der Waals surface area contributed by atoms with Crippen LogP contribution in [0.5, 0.6) is 0 Å². The van der Waals surface area contributed by atoms with E-state index in [1.54, 1.807) is 12.5 Å². The van der Waals surface area contributed by atoms with Crippen molar-refractivity contribution in [2.45, 2.75) is 13.0 Å². The van der Waals surface area contributed by atoms with Crippen LogP contribution in [0.4, 0.5) is 5.95 Å². The Morgan fingerprint density at radius 2 is 2.47 bits per heavy atom. The molecule has 1 saturated heterocycles. The van der Waals surface area contributed by atoms with Gasteiger partial charge in [0, 0.05) is 25.7 Å². The highest BCUT2D eigenvalue weighted by Crippen LogP contribution is 2.18. The highest BCUT2D eigenvalue weighted by molar-refractivity contribution is 5.54. The average Bonchev–Trinajstić information content (AvgIpc) is 3.00. The number of hydrogen-bond acceptors (Lipinski definition) is 5. The van der Waals surface area contributed by atoms with Crippen LogP contribution in [-0.2, 0) is 0 Å². The summed E-state index contributed by atoms with van der Waals surface area (Å²) in [6.07, 6.45) is 3.29. The van der Waals surface area contributed by atoms with Crippen LogP contribution < -0.4 is 10.2 Å². The number of H-pyrrole nitrogens is 1. The van der Waals surface area contributed by atoms with Crippen LogP contribution in [0.25, 0.3) is 11.4 Å². The normalized spacial score (nSPS) is 20.8. The van der Waals surface area contributed by atoms with Crippen molar-refractivity contribution in [3.05, 3.63) is 18.6 Å². The first-order valence-electron chi connectivity index (χ1n) is 5.76. The molecule has 1 aliphatic heterocycles. The second kappa shape index (κ2) is 4.21. The number of furan rings is 1. The summed E-state index contributed by atoms with van der Waals surface area (Å²) in [4.78, 5) is 6.66. The first kappa shape index (κ1) is 10.3. The third kappa shape index (κ3) is 2.03. The Bertz CT molecular complexity index is 478. The van der Waals surface area contributed by atoms with E-state index in [2.05, 4.69) is 32.3 Å². The van der Waals surface area contributed by atoms with Crippen LogP contribution in [0.1, 0.15) is 6.92 Å². The number of rotatable bonds is 2. The first-order valence-corrected chi connectivity index (χ1v) is 5.76. The zero-order valence-corrected chi connectivity index (χ0v) is 9.68. The molecule has 1 atom stereocenters. The lowest BCUT2D eigenvalue weighted by molar-refractivity contribution is 0.480. The molecule has 1 unspecified atom stereocenters. The lowest BCUT2D eigenvalue weighted by Gasteiger charge is -2.30. The van der Waals surface area contributed by atoms with Gasteiger partial charge in [0.1, 0.15) is 6.26 Å². The van der Waals surface area contributed by atoms with Gasteiger partial charge in [0.25, 0.3) is 0 Å². The van der Waals surface area contributed by atoms with E-state index < -0.39 is 0 Å². The fourth-order valence-corrected chi connectivity index (χ4v) is 2.04. The van der Waals surface area contributed by atoms with E-state index in [1.165, 1.54) is 0 Å². The largest absolute Gasteiger partial charge is 0.472 e. The molecule has 6 nitrogen and oxygen atoms in total. The van der Waals surface area contributed by atoms with Gasteiger partial charge in [0.05, 0.1) is 11.8 Å². The summed E-state index contributed by atoms with van der Waals surface area (Å²) < 4.78 is 5.03. The maximum atomic E-state index is 5.03. The van der Waals surface area contributed by atoms with Gasteiger partial charge < -0.3 is 14.6 Å². The van der Waals surface area contributed by atoms with Crippen molar-refractivity contribution in [1.82, 2.24) is 20.5 Å². The molecular weight excluding hydrogens is 218 g/mol. The number of aromatic nitrogens is 3. The molecule has 90 valence electrons. The van der Waals surface area contributed by atoms with Crippen LogP contribution in [0.3, 0.4) is 0 Å². The van der Waals surface area contributed by atoms with Gasteiger partial charge in [-0.05, 0) is 13.0 Å². The molecule has 17 heavy (non-hydrogen) atoms. The average molecular weight is 233 g/mol. The third-order valence-electron chi connectivity index (χ3n) is 2.92. The molecule has 0 aromatic carbocycles. The van der Waals surface area contributed by atoms with Gasteiger partial charge in [-0.1, -0.05) is 0 Å². The fourth-order valence-electron chi connectivity index (χ4n) is 2.04. The van der Waals surface area contributed by atoms with Gasteiger partial charge in [0.2, 0.25) is 5.95 Å². The predicted molar refractivity (Wildman–Crippen MR) is 63.8 cm³/mol. The minimum atomic E-state index is 0.472. The second-order valence-electron chi connectivity index (χ2n) is 4.30. The number of anilines is 1. The first-order chi connectivity index (χ1) is 8.33. The third-order valence-corrected chi connectivity index (χ3v) is 2.92. The lowest BCUT2D eigenvalue weighted by Crippen LogP contribution is -2.49. The summed E-state index contributed by atoms with van der Waals surface area (Å²) in [5.74, 6) is 1.51. The zero-order valence-electron chi connectivity index (χ0n) is 9.68. The molecular formula is C11H15N5O. The van der Waals surface area contributed by atoms with Gasteiger partial charge in [-0.15, -0.1) is 5.10 Å². The molecule has 3 heterocycles. The Morgan fingerprint density at radius 3 is 3.24 bits per heavy atom. The Balaban J connectivity index is 1.80. The van der Waals surface area contributed by atoms with Crippen molar-refractivity contribution in [2.75, 3.05) is 24.5 Å². The summed E-state index contributed by atoms with van der Waals surface area (Å²) in [6, 6.07) is 2.34. The molecule has 1 fully saturated rings. The van der Waals surface area contributed by atoms with Crippen molar-refractivity contribution in [1.29, 1.82) is 0 Å². The van der Waals surface area contributed by atoms with Crippen LogP contribution >= 0.6 is 0 Å². The quantitative estimate of drug-likeness (QED) is 0.805. The van der Waals surface area contributed by atoms with Gasteiger partial charge >= 0.3 is 0 Å². The molecule has 0 amide bonds. The van der Waals surface area contributed by atoms with Crippen molar-refractivity contribution >= 4 is 5.95 Å². The smallest absolute Gasteiger partial charge is 0.245 e. The number of hydrogen-bond donors (Lipinski definition) is 2. The van der Waals surface area contributed by atoms with Crippen molar-refractivity contribution in [2.24, 2.45) is 0 Å². The molecule has 0 saturated carbocycles. The van der Waals surface area contributed by atoms with Crippen molar-refractivity contribution < 1.29 is 4.42 Å². The fraction of sp³-hybridized carbons (Fsp3) is 0.455. The van der Waals surface area contributed by atoms with E-state index in [-0.39, 0.29) is 0 Å². The molecule has 0 aliphatic carbocycles. The monoisotopic (exact) mass is 233 g/mol. The van der Waals surface area contributed by atoms with Gasteiger partial charge in [-0.3, -0.25) is 5.10 Å². The summed E-state index contributed by atoms with van der Waals surface area (Å²) in [5.41, 5.74) is 0.923. The van der Waals surface area contributed by atoms with Crippen LogP contribution in [0.15, 0.2) is 23.0 Å². The van der Waals surface area contributed by atoms with E-state index in [1.807, 2.05) is 6.07 Å². The summed E-state index contributed by atoms with van der Waals surface area (Å²) >= 11 is 0. The molecule has 6 heteroatoms. The predicted octanol–water partition coefficient (Wildman–Crippen LogP) is 0.863. The number of piperazine rings is 1. The molecule has 2 aromatic rings. The summed E-state index contributed by atoms with van der Waals surface area (Å²) in [7, 11) is 0. The molecule has 0 spiro atoms. The maximum Gasteiger partial charge on any atom is 0.245 e. The van der Waals surface area contributed by atoms with Crippen molar-refractivity contribution in [3.63, 3.8) is 0 Å². The van der Waals surface area contributed by atoms with Crippen LogP contribution in [0.2, 0.25) is 0 Å². The van der Waals surface area contributed by atoms with E-state index in [4.69, 9.17) is 4.42 Å². The molecule has 2 aromatic heterocycles. The van der Waals surface area contributed by atoms with E-state index in [9.17, 15) is 0 Å². The van der Waals surface area contributed by atoms with Crippen molar-refractivity contribution in [3.8, 4) is 11.4 Å². The minimum Gasteiger partial charge on any atom is -0.472 e. The molecule has 1 aliphatic rings. The molecule has 0 radical (unpaired) electrons. The Labute approximate surface area is 99.0 Å². The summed E-state index contributed by atoms with van der Waals surface area (Å²) in [6.45, 7) is 5.00. The lowest BCUT2D eigenvalue weighted by atomic mass is 10.2. The highest BCUT2D eigenvalue weighted by atomic mass is 16.3. The van der Waals surface area contributed by atoms with E-state index in [0.29, 0.717) is 6.04 Å². The Morgan fingerprint density at radius 1 is 1.53 bits per heavy atom. The molecule has 2 N–H and O–H groups in total. The van der Waals surface area contributed by atoms with E-state index >= 15 is 0 Å². The zero-order chi connectivity index (χ0) is 11.7.